The number of carboxylic acid groups (broad SMARTS) is 1. The Morgan fingerprint density at radius 2 is 2.21 bits per heavy atom. The first-order valence-electron chi connectivity index (χ1n) is 4.90. The fraction of sp³-hybridized carbons (Fsp3) is 0.636. The van der Waals surface area contributed by atoms with Crippen LogP contribution in [0.3, 0.4) is 0 Å². The van der Waals surface area contributed by atoms with Gasteiger partial charge in [0.05, 0.1) is 5.41 Å². The van der Waals surface area contributed by atoms with E-state index in [9.17, 15) is 9.59 Å². The number of fused-ring (bicyclic) bond motifs is 1. The van der Waals surface area contributed by atoms with Gasteiger partial charge < -0.3 is 5.11 Å². The molecule has 0 radical (unpaired) electrons. The fourth-order valence-electron chi connectivity index (χ4n) is 2.66. The van der Waals surface area contributed by atoms with Gasteiger partial charge >= 0.3 is 5.97 Å². The second-order valence-corrected chi connectivity index (χ2v) is 4.72. The van der Waals surface area contributed by atoms with E-state index in [0.717, 1.165) is 11.1 Å². The molecule has 0 aliphatic heterocycles. The molecule has 2 atom stereocenters. The second-order valence-electron chi connectivity index (χ2n) is 4.72. The summed E-state index contributed by atoms with van der Waals surface area (Å²) < 4.78 is 0. The smallest absolute Gasteiger partial charge is 0.309 e. The quantitative estimate of drug-likeness (QED) is 0.692. The van der Waals surface area contributed by atoms with Crippen LogP contribution < -0.4 is 0 Å². The maximum absolute atomic E-state index is 11.4. The lowest BCUT2D eigenvalue weighted by molar-refractivity contribution is -0.147. The van der Waals surface area contributed by atoms with Crippen molar-refractivity contribution in [1.29, 1.82) is 0 Å². The molecule has 1 saturated carbocycles. The van der Waals surface area contributed by atoms with Gasteiger partial charge in [0, 0.05) is 6.42 Å². The molecule has 3 nitrogen and oxygen atoms in total. The molecule has 0 saturated heterocycles. The van der Waals surface area contributed by atoms with Gasteiger partial charge in [0.25, 0.3) is 0 Å². The lowest BCUT2D eigenvalue weighted by Gasteiger charge is -2.17. The zero-order chi connectivity index (χ0) is 10.5. The molecule has 14 heavy (non-hydrogen) atoms. The molecule has 0 heterocycles. The third-order valence-electron chi connectivity index (χ3n) is 3.62. The highest BCUT2D eigenvalue weighted by Crippen LogP contribution is 2.51. The summed E-state index contributed by atoms with van der Waals surface area (Å²) in [6.45, 7) is 3.60. The molecule has 0 spiro atoms. The van der Waals surface area contributed by atoms with E-state index >= 15 is 0 Å². The molecule has 2 aliphatic rings. The van der Waals surface area contributed by atoms with Crippen molar-refractivity contribution >= 4 is 11.8 Å². The normalized spacial score (nSPS) is 36.4. The maximum atomic E-state index is 11.4. The third kappa shape index (κ3) is 1.11. The Balaban J connectivity index is 2.33. The van der Waals surface area contributed by atoms with Crippen LogP contribution in [0.5, 0.6) is 0 Å². The van der Waals surface area contributed by atoms with Gasteiger partial charge in [-0.25, -0.2) is 0 Å². The van der Waals surface area contributed by atoms with Gasteiger partial charge in [0.1, 0.15) is 0 Å². The topological polar surface area (TPSA) is 54.4 Å². The van der Waals surface area contributed by atoms with E-state index in [1.54, 1.807) is 6.92 Å². The van der Waals surface area contributed by atoms with Gasteiger partial charge in [0.15, 0.2) is 5.78 Å². The number of carboxylic acids is 1. The average Bonchev–Trinajstić information content (AvgIpc) is 2.52. The van der Waals surface area contributed by atoms with E-state index in [-0.39, 0.29) is 11.7 Å². The first-order valence-corrected chi connectivity index (χ1v) is 4.90. The highest BCUT2D eigenvalue weighted by atomic mass is 16.4. The molecule has 1 unspecified atom stereocenters. The molecule has 1 N–H and O–H groups in total. The van der Waals surface area contributed by atoms with E-state index in [1.807, 2.05) is 6.92 Å². The highest BCUT2D eigenvalue weighted by molar-refractivity contribution is 5.99. The predicted molar refractivity (Wildman–Crippen MR) is 50.8 cm³/mol. The van der Waals surface area contributed by atoms with Crippen molar-refractivity contribution in [3.05, 3.63) is 11.1 Å². The Labute approximate surface area is 82.8 Å². The van der Waals surface area contributed by atoms with Crippen LogP contribution in [0, 0.1) is 11.3 Å². The predicted octanol–water partition coefficient (Wildman–Crippen LogP) is 1.78. The Morgan fingerprint density at radius 3 is 2.71 bits per heavy atom. The van der Waals surface area contributed by atoms with Gasteiger partial charge in [-0.3, -0.25) is 9.59 Å². The Kier molecular flexibility index (Phi) is 1.81. The summed E-state index contributed by atoms with van der Waals surface area (Å²) in [5.74, 6) is -0.319. The number of rotatable bonds is 1. The first-order chi connectivity index (χ1) is 6.44. The van der Waals surface area contributed by atoms with Crippen LogP contribution in [0.1, 0.15) is 33.1 Å². The minimum atomic E-state index is -0.736. The van der Waals surface area contributed by atoms with Gasteiger partial charge in [-0.15, -0.1) is 0 Å². The summed E-state index contributed by atoms with van der Waals surface area (Å²) >= 11 is 0. The molecule has 0 amide bonds. The third-order valence-corrected chi connectivity index (χ3v) is 3.62. The van der Waals surface area contributed by atoms with Gasteiger partial charge in [-0.05, 0) is 38.2 Å². The van der Waals surface area contributed by atoms with Crippen molar-refractivity contribution in [1.82, 2.24) is 0 Å². The van der Waals surface area contributed by atoms with E-state index in [4.69, 9.17) is 5.11 Å². The minimum Gasteiger partial charge on any atom is -0.481 e. The largest absolute Gasteiger partial charge is 0.481 e. The SMILES string of the molecule is CC1=C2CC(C)(C(=O)O)C[C@H]2CC1=O. The molecule has 0 aromatic carbocycles. The molecule has 2 rings (SSSR count). The van der Waals surface area contributed by atoms with E-state index in [1.165, 1.54) is 0 Å². The monoisotopic (exact) mass is 194 g/mol. The zero-order valence-electron chi connectivity index (χ0n) is 8.46. The van der Waals surface area contributed by atoms with Crippen molar-refractivity contribution in [3.63, 3.8) is 0 Å². The van der Waals surface area contributed by atoms with E-state index in [2.05, 4.69) is 0 Å². The lowest BCUT2D eigenvalue weighted by atomic mass is 9.86. The Morgan fingerprint density at radius 1 is 1.57 bits per heavy atom. The number of ketones is 1. The summed E-state index contributed by atoms with van der Waals surface area (Å²) in [5, 5.41) is 9.07. The highest BCUT2D eigenvalue weighted by Gasteiger charge is 2.48. The molecule has 3 heteroatoms. The summed E-state index contributed by atoms with van der Waals surface area (Å²) in [4.78, 5) is 22.4. The van der Waals surface area contributed by atoms with Gasteiger partial charge in [-0.2, -0.15) is 0 Å². The molecule has 0 aromatic heterocycles. The van der Waals surface area contributed by atoms with Gasteiger partial charge in [-0.1, -0.05) is 5.57 Å². The van der Waals surface area contributed by atoms with Gasteiger partial charge in [0.2, 0.25) is 0 Å². The zero-order valence-corrected chi connectivity index (χ0v) is 8.46. The number of allylic oxidation sites excluding steroid dienone is 2. The summed E-state index contributed by atoms with van der Waals surface area (Å²) in [7, 11) is 0. The molecule has 2 aliphatic carbocycles. The summed E-state index contributed by atoms with van der Waals surface area (Å²) in [6.07, 6.45) is 1.72. The van der Waals surface area contributed by atoms with Crippen LogP contribution in [-0.2, 0) is 9.59 Å². The Bertz CT molecular complexity index is 354. The van der Waals surface area contributed by atoms with E-state index in [0.29, 0.717) is 19.3 Å². The second kappa shape index (κ2) is 2.69. The number of carbonyl (C=O) groups is 2. The minimum absolute atomic E-state index is 0.206. The standard InChI is InChI=1S/C11H14O3/c1-6-8-5-11(2,10(13)14)4-7(8)3-9(6)12/h7H,3-5H2,1-2H3,(H,13,14)/t7-,11?/m1/s1. The molecule has 0 aromatic rings. The average molecular weight is 194 g/mol. The number of Topliss-reactive ketones (excluding diaryl/α,β-unsaturated/α-hetero) is 1. The number of hydrogen-bond acceptors (Lipinski definition) is 2. The maximum Gasteiger partial charge on any atom is 0.309 e. The molecule has 0 bridgehead atoms. The summed E-state index contributed by atoms with van der Waals surface area (Å²) in [6, 6.07) is 0. The number of aliphatic carboxylic acids is 1. The molecule has 76 valence electrons. The molecular formula is C11H14O3. The van der Waals surface area contributed by atoms with Crippen molar-refractivity contribution in [2.24, 2.45) is 11.3 Å². The van der Waals surface area contributed by atoms with Crippen molar-refractivity contribution in [2.45, 2.75) is 33.1 Å². The van der Waals surface area contributed by atoms with Crippen LogP contribution in [0.4, 0.5) is 0 Å². The van der Waals surface area contributed by atoms with Crippen LogP contribution in [0.25, 0.3) is 0 Å². The number of hydrogen-bond donors (Lipinski definition) is 1. The van der Waals surface area contributed by atoms with E-state index < -0.39 is 11.4 Å². The fourth-order valence-corrected chi connectivity index (χ4v) is 2.66. The lowest BCUT2D eigenvalue weighted by Crippen LogP contribution is -2.24. The van der Waals surface area contributed by atoms with Crippen LogP contribution in [0.2, 0.25) is 0 Å². The van der Waals surface area contributed by atoms with Crippen LogP contribution in [0.15, 0.2) is 11.1 Å². The van der Waals surface area contributed by atoms with Crippen molar-refractivity contribution in [2.75, 3.05) is 0 Å². The van der Waals surface area contributed by atoms with Crippen molar-refractivity contribution < 1.29 is 14.7 Å². The molecular weight excluding hydrogens is 180 g/mol. The number of carbonyl (C=O) groups excluding carboxylic acids is 1. The Hall–Kier alpha value is -1.12. The van der Waals surface area contributed by atoms with Crippen LogP contribution in [-0.4, -0.2) is 16.9 Å². The van der Waals surface area contributed by atoms with Crippen LogP contribution >= 0.6 is 0 Å². The molecule has 1 fully saturated rings. The first kappa shape index (κ1) is 9.44. The van der Waals surface area contributed by atoms with Crippen molar-refractivity contribution in [3.8, 4) is 0 Å². The summed E-state index contributed by atoms with van der Waals surface area (Å²) in [5.41, 5.74) is 1.28.